The quantitative estimate of drug-likeness (QED) is 0.505. The summed E-state index contributed by atoms with van der Waals surface area (Å²) in [6.07, 6.45) is 3.84. The number of hydrogen-bond acceptors (Lipinski definition) is 3. The summed E-state index contributed by atoms with van der Waals surface area (Å²) in [6, 6.07) is 19.3. The zero-order valence-corrected chi connectivity index (χ0v) is 17.1. The molecule has 1 fully saturated rings. The fourth-order valence-corrected chi connectivity index (χ4v) is 3.87. The minimum Gasteiger partial charge on any atom is -0.317 e. The number of rotatable bonds is 3. The highest BCUT2D eigenvalue weighted by Gasteiger charge is 2.24. The van der Waals surface area contributed by atoms with E-state index >= 15 is 0 Å². The molecule has 27 heavy (non-hydrogen) atoms. The summed E-state index contributed by atoms with van der Waals surface area (Å²) in [5.41, 5.74) is 2.64. The van der Waals surface area contributed by atoms with Crippen LogP contribution in [0.25, 0.3) is 11.8 Å². The van der Waals surface area contributed by atoms with Crippen molar-refractivity contribution in [2.75, 3.05) is 0 Å². The number of aliphatic imine (C=N–C) groups is 1. The van der Waals surface area contributed by atoms with Gasteiger partial charge in [-0.25, -0.2) is 4.99 Å². The van der Waals surface area contributed by atoms with Crippen molar-refractivity contribution in [2.45, 2.75) is 0 Å². The summed E-state index contributed by atoms with van der Waals surface area (Å²) in [6.45, 7) is 0. The van der Waals surface area contributed by atoms with Crippen molar-refractivity contribution in [1.82, 2.24) is 9.88 Å². The maximum atomic E-state index is 12.3. The molecule has 3 aromatic rings. The SMILES string of the molecule is O=C1NC(=Nc2ccc(Br)c(Cl)c2)S/C1=C\c1cccn1-c1ccccc1. The largest absolute Gasteiger partial charge is 0.317 e. The van der Waals surface area contributed by atoms with E-state index in [1.54, 1.807) is 6.07 Å². The van der Waals surface area contributed by atoms with Crippen molar-refractivity contribution in [2.24, 2.45) is 4.99 Å². The van der Waals surface area contributed by atoms with Gasteiger partial charge in [0, 0.05) is 22.1 Å². The molecule has 134 valence electrons. The molecule has 2 heterocycles. The number of carbonyl (C=O) groups is 1. The molecule has 1 N–H and O–H groups in total. The Hall–Kier alpha value is -2.28. The average molecular weight is 459 g/mol. The number of carbonyl (C=O) groups excluding carboxylic acids is 1. The molecule has 0 saturated carbocycles. The number of aromatic nitrogens is 1. The van der Waals surface area contributed by atoms with Crippen LogP contribution in [0.1, 0.15) is 5.69 Å². The van der Waals surface area contributed by atoms with Crippen LogP contribution >= 0.6 is 39.3 Å². The van der Waals surface area contributed by atoms with Crippen LogP contribution in [-0.4, -0.2) is 15.6 Å². The molecular weight excluding hydrogens is 446 g/mol. The van der Waals surface area contributed by atoms with Crippen LogP contribution in [-0.2, 0) is 4.79 Å². The lowest BCUT2D eigenvalue weighted by atomic mass is 10.3. The summed E-state index contributed by atoms with van der Waals surface area (Å²) < 4.78 is 2.84. The van der Waals surface area contributed by atoms with E-state index in [9.17, 15) is 4.79 Å². The van der Waals surface area contributed by atoms with E-state index in [1.807, 2.05) is 71.4 Å². The molecule has 0 atom stereocenters. The Balaban J connectivity index is 1.61. The number of halogens is 2. The van der Waals surface area contributed by atoms with Gasteiger partial charge in [0.15, 0.2) is 5.17 Å². The van der Waals surface area contributed by atoms with Crippen molar-refractivity contribution >= 4 is 62.1 Å². The second-order valence-corrected chi connectivity index (χ2v) is 8.01. The number of para-hydroxylation sites is 1. The summed E-state index contributed by atoms with van der Waals surface area (Å²) in [4.78, 5) is 17.4. The molecule has 4 rings (SSSR count). The number of nitrogens with one attached hydrogen (secondary N) is 1. The molecular formula is C20H13BrClN3OS. The molecule has 0 radical (unpaired) electrons. The minimum absolute atomic E-state index is 0.164. The lowest BCUT2D eigenvalue weighted by Gasteiger charge is -2.06. The van der Waals surface area contributed by atoms with Crippen LogP contribution in [0.2, 0.25) is 5.02 Å². The fraction of sp³-hybridized carbons (Fsp3) is 0. The van der Waals surface area contributed by atoms with Crippen LogP contribution in [0.15, 0.2) is 81.2 Å². The van der Waals surface area contributed by atoms with E-state index in [-0.39, 0.29) is 5.91 Å². The fourth-order valence-electron chi connectivity index (χ4n) is 2.62. The van der Waals surface area contributed by atoms with E-state index in [2.05, 4.69) is 26.2 Å². The first-order valence-electron chi connectivity index (χ1n) is 8.07. The Morgan fingerprint density at radius 3 is 2.70 bits per heavy atom. The molecule has 0 unspecified atom stereocenters. The maximum absolute atomic E-state index is 12.3. The van der Waals surface area contributed by atoms with Gasteiger partial charge in [-0.1, -0.05) is 29.8 Å². The average Bonchev–Trinajstić information content (AvgIpc) is 3.26. The van der Waals surface area contributed by atoms with Crippen LogP contribution < -0.4 is 5.32 Å². The topological polar surface area (TPSA) is 46.4 Å². The van der Waals surface area contributed by atoms with Crippen LogP contribution in [0, 0.1) is 0 Å². The van der Waals surface area contributed by atoms with Gasteiger partial charge >= 0.3 is 0 Å². The lowest BCUT2D eigenvalue weighted by molar-refractivity contribution is -0.115. The van der Waals surface area contributed by atoms with Gasteiger partial charge in [0.05, 0.1) is 15.6 Å². The van der Waals surface area contributed by atoms with E-state index in [0.717, 1.165) is 15.9 Å². The zero-order chi connectivity index (χ0) is 18.8. The molecule has 4 nitrogen and oxygen atoms in total. The van der Waals surface area contributed by atoms with Crippen molar-refractivity contribution in [3.8, 4) is 5.69 Å². The Kier molecular flexibility index (Phi) is 5.20. The van der Waals surface area contributed by atoms with Crippen molar-refractivity contribution in [3.05, 3.63) is 87.0 Å². The van der Waals surface area contributed by atoms with Gasteiger partial charge in [-0.2, -0.15) is 0 Å². The van der Waals surface area contributed by atoms with Gasteiger partial charge in [0.2, 0.25) is 0 Å². The van der Waals surface area contributed by atoms with E-state index in [0.29, 0.717) is 20.8 Å². The highest BCUT2D eigenvalue weighted by atomic mass is 79.9. The van der Waals surface area contributed by atoms with Gasteiger partial charge < -0.3 is 9.88 Å². The number of amidine groups is 1. The van der Waals surface area contributed by atoms with Gasteiger partial charge in [-0.05, 0) is 76.2 Å². The van der Waals surface area contributed by atoms with Crippen molar-refractivity contribution in [1.29, 1.82) is 0 Å². The maximum Gasteiger partial charge on any atom is 0.264 e. The first-order chi connectivity index (χ1) is 13.1. The Bertz CT molecular complexity index is 1080. The molecule has 7 heteroatoms. The Morgan fingerprint density at radius 1 is 1.11 bits per heavy atom. The third-order valence-electron chi connectivity index (χ3n) is 3.88. The number of thioether (sulfide) groups is 1. The summed E-state index contributed by atoms with van der Waals surface area (Å²) >= 11 is 10.8. The number of hydrogen-bond donors (Lipinski definition) is 1. The summed E-state index contributed by atoms with van der Waals surface area (Å²) in [5, 5.41) is 3.90. The molecule has 1 saturated heterocycles. The van der Waals surface area contributed by atoms with Gasteiger partial charge in [0.25, 0.3) is 5.91 Å². The highest BCUT2D eigenvalue weighted by Crippen LogP contribution is 2.31. The molecule has 1 aromatic heterocycles. The van der Waals surface area contributed by atoms with Crippen molar-refractivity contribution in [3.63, 3.8) is 0 Å². The third-order valence-corrected chi connectivity index (χ3v) is 6.02. The van der Waals surface area contributed by atoms with E-state index < -0.39 is 0 Å². The first kappa shape index (κ1) is 18.1. The smallest absolute Gasteiger partial charge is 0.264 e. The van der Waals surface area contributed by atoms with Crippen LogP contribution in [0.5, 0.6) is 0 Å². The third kappa shape index (κ3) is 4.03. The first-order valence-corrected chi connectivity index (χ1v) is 10.1. The second kappa shape index (κ2) is 7.76. The standard InChI is InChI=1S/C20H13BrClN3OS/c21-16-9-8-13(11-17(16)22)23-20-24-19(26)18(27-20)12-15-7-4-10-25(15)14-5-2-1-3-6-14/h1-12H,(H,23,24,26)/b18-12-. The summed E-state index contributed by atoms with van der Waals surface area (Å²) in [7, 11) is 0. The van der Waals surface area contributed by atoms with Crippen LogP contribution in [0.3, 0.4) is 0 Å². The molecule has 0 bridgehead atoms. The van der Waals surface area contributed by atoms with E-state index in [1.165, 1.54) is 11.8 Å². The lowest BCUT2D eigenvalue weighted by Crippen LogP contribution is -2.19. The van der Waals surface area contributed by atoms with Crippen LogP contribution in [0.4, 0.5) is 5.69 Å². The molecule has 0 spiro atoms. The predicted octanol–water partition coefficient (Wildman–Crippen LogP) is 5.78. The van der Waals surface area contributed by atoms with Gasteiger partial charge in [-0.3, -0.25) is 4.79 Å². The Morgan fingerprint density at radius 2 is 1.93 bits per heavy atom. The number of amides is 1. The monoisotopic (exact) mass is 457 g/mol. The van der Waals surface area contributed by atoms with Gasteiger partial charge in [-0.15, -0.1) is 0 Å². The second-order valence-electron chi connectivity index (χ2n) is 5.72. The number of nitrogens with zero attached hydrogens (tertiary/aromatic N) is 2. The Labute approximate surface area is 174 Å². The molecule has 1 aliphatic rings. The summed E-state index contributed by atoms with van der Waals surface area (Å²) in [5.74, 6) is -0.164. The van der Waals surface area contributed by atoms with E-state index in [4.69, 9.17) is 11.6 Å². The predicted molar refractivity (Wildman–Crippen MR) is 116 cm³/mol. The molecule has 2 aromatic carbocycles. The highest BCUT2D eigenvalue weighted by molar-refractivity contribution is 9.10. The number of benzene rings is 2. The molecule has 1 amide bonds. The normalized spacial score (nSPS) is 16.9. The molecule has 1 aliphatic heterocycles. The van der Waals surface area contributed by atoms with Crippen molar-refractivity contribution < 1.29 is 4.79 Å². The minimum atomic E-state index is -0.164. The zero-order valence-electron chi connectivity index (χ0n) is 13.9. The van der Waals surface area contributed by atoms with Gasteiger partial charge in [0.1, 0.15) is 0 Å². The molecule has 0 aliphatic carbocycles.